The van der Waals surface area contributed by atoms with E-state index in [0.29, 0.717) is 11.4 Å². The van der Waals surface area contributed by atoms with Crippen LogP contribution in [0.15, 0.2) is 42.7 Å². The van der Waals surface area contributed by atoms with Gasteiger partial charge in [0.25, 0.3) is 5.91 Å². The second kappa shape index (κ2) is 5.20. The van der Waals surface area contributed by atoms with Gasteiger partial charge in [0.2, 0.25) is 0 Å². The lowest BCUT2D eigenvalue weighted by atomic mass is 10.2. The molecule has 0 spiro atoms. The molecule has 0 radical (unpaired) electrons. The minimum absolute atomic E-state index is 0.254. The zero-order chi connectivity index (χ0) is 14.8. The molecule has 3 aromatic rings. The van der Waals surface area contributed by atoms with Crippen LogP contribution in [0, 0.1) is 12.7 Å². The number of nitrogens with zero attached hydrogens (tertiary/aromatic N) is 3. The average molecular weight is 285 g/mol. The summed E-state index contributed by atoms with van der Waals surface area (Å²) in [5, 5.41) is 13.1. The van der Waals surface area contributed by atoms with Gasteiger partial charge in [0.15, 0.2) is 11.5 Å². The minimum Gasteiger partial charge on any atom is -0.320 e. The van der Waals surface area contributed by atoms with Crippen LogP contribution in [0.1, 0.15) is 16.2 Å². The largest absolute Gasteiger partial charge is 0.320 e. The van der Waals surface area contributed by atoms with E-state index in [0.717, 1.165) is 5.69 Å². The summed E-state index contributed by atoms with van der Waals surface area (Å²) in [6.45, 7) is 1.79. The predicted molar refractivity (Wildman–Crippen MR) is 74.8 cm³/mol. The third kappa shape index (κ3) is 2.66. The zero-order valence-electron chi connectivity index (χ0n) is 11.2. The van der Waals surface area contributed by atoms with Crippen LogP contribution in [0.5, 0.6) is 0 Å². The highest BCUT2D eigenvalue weighted by Crippen LogP contribution is 2.18. The molecule has 7 heteroatoms. The molecular weight excluding hydrogens is 273 g/mol. The Morgan fingerprint density at radius 2 is 2.24 bits per heavy atom. The molecule has 0 aliphatic rings. The number of halogens is 1. The Bertz CT molecular complexity index is 779. The quantitative estimate of drug-likeness (QED) is 0.775. The second-order valence-electron chi connectivity index (χ2n) is 4.51. The Kier molecular flexibility index (Phi) is 3.23. The van der Waals surface area contributed by atoms with Crippen LogP contribution < -0.4 is 5.32 Å². The van der Waals surface area contributed by atoms with Gasteiger partial charge in [0.1, 0.15) is 5.69 Å². The van der Waals surface area contributed by atoms with Crippen molar-refractivity contribution in [3.8, 4) is 5.69 Å². The van der Waals surface area contributed by atoms with E-state index >= 15 is 0 Å². The highest BCUT2D eigenvalue weighted by atomic mass is 19.1. The Balaban J connectivity index is 1.81. The fourth-order valence-electron chi connectivity index (χ4n) is 1.91. The molecule has 1 aromatic carbocycles. The summed E-state index contributed by atoms with van der Waals surface area (Å²) in [4.78, 5) is 11.9. The van der Waals surface area contributed by atoms with E-state index in [1.54, 1.807) is 43.6 Å². The molecule has 2 N–H and O–H groups in total. The molecule has 6 nitrogen and oxygen atoms in total. The number of carbonyl (C=O) groups is 1. The third-order valence-corrected chi connectivity index (χ3v) is 2.90. The van der Waals surface area contributed by atoms with Crippen molar-refractivity contribution in [2.45, 2.75) is 6.92 Å². The van der Waals surface area contributed by atoms with Crippen LogP contribution in [0.4, 0.5) is 10.1 Å². The molecule has 0 atom stereocenters. The summed E-state index contributed by atoms with van der Waals surface area (Å²) in [6, 6.07) is 7.72. The SMILES string of the molecule is Cc1cc(C(=O)Nc2ccc(-n3cccn3)c(F)c2)n[nH]1. The van der Waals surface area contributed by atoms with Crippen LogP contribution in [-0.2, 0) is 0 Å². The Morgan fingerprint density at radius 1 is 1.38 bits per heavy atom. The van der Waals surface area contributed by atoms with Gasteiger partial charge in [0.05, 0.1) is 0 Å². The molecule has 0 saturated carbocycles. The lowest BCUT2D eigenvalue weighted by Crippen LogP contribution is -2.12. The second-order valence-corrected chi connectivity index (χ2v) is 4.51. The van der Waals surface area contributed by atoms with Crippen molar-refractivity contribution >= 4 is 11.6 Å². The van der Waals surface area contributed by atoms with Crippen LogP contribution >= 0.6 is 0 Å². The number of anilines is 1. The van der Waals surface area contributed by atoms with Crippen molar-refractivity contribution in [2.24, 2.45) is 0 Å². The van der Waals surface area contributed by atoms with Gasteiger partial charge >= 0.3 is 0 Å². The molecule has 1 amide bonds. The van der Waals surface area contributed by atoms with Crippen LogP contribution in [0.3, 0.4) is 0 Å². The molecule has 0 aliphatic heterocycles. The molecule has 0 aliphatic carbocycles. The summed E-state index contributed by atoms with van der Waals surface area (Å²) >= 11 is 0. The van der Waals surface area contributed by atoms with E-state index in [9.17, 15) is 9.18 Å². The smallest absolute Gasteiger partial charge is 0.276 e. The fraction of sp³-hybridized carbons (Fsp3) is 0.0714. The lowest BCUT2D eigenvalue weighted by Gasteiger charge is -2.07. The molecule has 0 bridgehead atoms. The third-order valence-electron chi connectivity index (χ3n) is 2.90. The normalized spacial score (nSPS) is 10.6. The molecule has 2 heterocycles. The summed E-state index contributed by atoms with van der Waals surface area (Å²) in [5.74, 6) is -0.875. The van der Waals surface area contributed by atoms with E-state index in [1.807, 2.05) is 0 Å². The van der Waals surface area contributed by atoms with Crippen molar-refractivity contribution in [1.29, 1.82) is 0 Å². The van der Waals surface area contributed by atoms with Crippen molar-refractivity contribution in [3.05, 3.63) is 59.9 Å². The van der Waals surface area contributed by atoms with E-state index in [-0.39, 0.29) is 5.69 Å². The van der Waals surface area contributed by atoms with E-state index in [2.05, 4.69) is 20.6 Å². The number of aromatic amines is 1. The maximum Gasteiger partial charge on any atom is 0.276 e. The maximum atomic E-state index is 14.0. The number of amides is 1. The molecular formula is C14H12FN5O. The molecule has 2 aromatic heterocycles. The number of H-pyrrole nitrogens is 1. The van der Waals surface area contributed by atoms with Crippen molar-refractivity contribution in [1.82, 2.24) is 20.0 Å². The number of hydrogen-bond donors (Lipinski definition) is 2. The first kappa shape index (κ1) is 13.0. The van der Waals surface area contributed by atoms with Gasteiger partial charge in [-0.1, -0.05) is 0 Å². The molecule has 0 unspecified atom stereocenters. The molecule has 21 heavy (non-hydrogen) atoms. The fourth-order valence-corrected chi connectivity index (χ4v) is 1.91. The molecule has 3 rings (SSSR count). The first-order chi connectivity index (χ1) is 10.1. The van der Waals surface area contributed by atoms with Gasteiger partial charge in [-0.15, -0.1) is 0 Å². The van der Waals surface area contributed by atoms with Gasteiger partial charge in [-0.2, -0.15) is 10.2 Å². The highest BCUT2D eigenvalue weighted by Gasteiger charge is 2.11. The highest BCUT2D eigenvalue weighted by molar-refractivity contribution is 6.02. The monoisotopic (exact) mass is 285 g/mol. The van der Waals surface area contributed by atoms with Crippen molar-refractivity contribution in [2.75, 3.05) is 5.32 Å². The predicted octanol–water partition coefficient (Wildman–Crippen LogP) is 2.30. The first-order valence-corrected chi connectivity index (χ1v) is 6.26. The average Bonchev–Trinajstić information content (AvgIpc) is 3.10. The lowest BCUT2D eigenvalue weighted by molar-refractivity contribution is 0.102. The molecule has 106 valence electrons. The number of benzene rings is 1. The number of aromatic nitrogens is 4. The van der Waals surface area contributed by atoms with Gasteiger partial charge in [0, 0.05) is 23.8 Å². The Labute approximate surface area is 119 Å². The van der Waals surface area contributed by atoms with Gasteiger partial charge in [-0.3, -0.25) is 9.89 Å². The Morgan fingerprint density at radius 3 is 2.86 bits per heavy atom. The van der Waals surface area contributed by atoms with Gasteiger partial charge < -0.3 is 5.32 Å². The van der Waals surface area contributed by atoms with E-state index in [4.69, 9.17) is 0 Å². The van der Waals surface area contributed by atoms with Gasteiger partial charge in [-0.05, 0) is 37.3 Å². The summed E-state index contributed by atoms with van der Waals surface area (Å²) in [5.41, 5.74) is 1.70. The molecule has 0 fully saturated rings. The standard InChI is InChI=1S/C14H12FN5O/c1-9-7-12(19-18-9)14(21)17-10-3-4-13(11(15)8-10)20-6-2-5-16-20/h2-8H,1H3,(H,17,21)(H,18,19). The summed E-state index contributed by atoms with van der Waals surface area (Å²) in [6.07, 6.45) is 3.21. The van der Waals surface area contributed by atoms with Crippen LogP contribution in [0.25, 0.3) is 5.69 Å². The van der Waals surface area contributed by atoms with Gasteiger partial charge in [-0.25, -0.2) is 9.07 Å². The van der Waals surface area contributed by atoms with Crippen LogP contribution in [-0.4, -0.2) is 25.9 Å². The number of aryl methyl sites for hydroxylation is 1. The van der Waals surface area contributed by atoms with E-state index < -0.39 is 11.7 Å². The summed E-state index contributed by atoms with van der Waals surface area (Å²) in [7, 11) is 0. The number of nitrogens with one attached hydrogen (secondary N) is 2. The number of hydrogen-bond acceptors (Lipinski definition) is 3. The topological polar surface area (TPSA) is 75.6 Å². The summed E-state index contributed by atoms with van der Waals surface area (Å²) < 4.78 is 15.5. The van der Waals surface area contributed by atoms with Crippen molar-refractivity contribution < 1.29 is 9.18 Å². The Hall–Kier alpha value is -2.96. The van der Waals surface area contributed by atoms with Crippen LogP contribution in [0.2, 0.25) is 0 Å². The number of rotatable bonds is 3. The van der Waals surface area contributed by atoms with Crippen molar-refractivity contribution in [3.63, 3.8) is 0 Å². The van der Waals surface area contributed by atoms with E-state index in [1.165, 1.54) is 10.7 Å². The first-order valence-electron chi connectivity index (χ1n) is 6.26. The number of carbonyl (C=O) groups excluding carboxylic acids is 1. The molecule has 0 saturated heterocycles. The minimum atomic E-state index is -0.477. The zero-order valence-corrected chi connectivity index (χ0v) is 11.2. The maximum absolute atomic E-state index is 14.0.